The summed E-state index contributed by atoms with van der Waals surface area (Å²) in [5.41, 5.74) is 1.46. The summed E-state index contributed by atoms with van der Waals surface area (Å²) < 4.78 is 38.9. The third-order valence-electron chi connectivity index (χ3n) is 3.67. The fourth-order valence-corrected chi connectivity index (χ4v) is 2.52. The van der Waals surface area contributed by atoms with Crippen molar-refractivity contribution in [3.63, 3.8) is 0 Å². The summed E-state index contributed by atoms with van der Waals surface area (Å²) in [5, 5.41) is 13.1. The summed E-state index contributed by atoms with van der Waals surface area (Å²) in [7, 11) is 0. The molecule has 3 rings (SSSR count). The van der Waals surface area contributed by atoms with E-state index in [9.17, 15) is 13.2 Å². The van der Waals surface area contributed by atoms with E-state index in [0.717, 1.165) is 17.2 Å². The van der Waals surface area contributed by atoms with Crippen LogP contribution in [0, 0.1) is 6.92 Å². The van der Waals surface area contributed by atoms with E-state index in [1.165, 1.54) is 18.3 Å². The second-order valence-electron chi connectivity index (χ2n) is 5.82. The Bertz CT molecular complexity index is 929. The van der Waals surface area contributed by atoms with Gasteiger partial charge in [-0.25, -0.2) is 0 Å². The number of aromatic nitrogens is 3. The maximum absolute atomic E-state index is 13.0. The van der Waals surface area contributed by atoms with Gasteiger partial charge in [0.1, 0.15) is 0 Å². The SMILES string of the molecule is Cc1ccc(CNc2nncc(Nc3ccc(Cl)c(C(F)(F)F)c3)n2)cc1. The number of alkyl halides is 3. The second kappa shape index (κ2) is 7.79. The minimum atomic E-state index is -4.54. The number of hydrogen-bond acceptors (Lipinski definition) is 5. The van der Waals surface area contributed by atoms with Crippen LogP contribution in [-0.2, 0) is 12.7 Å². The molecule has 0 bridgehead atoms. The summed E-state index contributed by atoms with van der Waals surface area (Å²) in [5.74, 6) is 0.512. The summed E-state index contributed by atoms with van der Waals surface area (Å²) in [6, 6.07) is 11.5. The van der Waals surface area contributed by atoms with Crippen LogP contribution in [0.4, 0.5) is 30.6 Å². The maximum atomic E-state index is 13.0. The highest BCUT2D eigenvalue weighted by Crippen LogP contribution is 2.36. The molecular weight excluding hydrogens is 379 g/mol. The molecule has 9 heteroatoms. The molecule has 0 aliphatic carbocycles. The number of aryl methyl sites for hydroxylation is 1. The van der Waals surface area contributed by atoms with Crippen molar-refractivity contribution in [2.45, 2.75) is 19.6 Å². The Balaban J connectivity index is 1.71. The Morgan fingerprint density at radius 1 is 1.07 bits per heavy atom. The molecule has 0 atom stereocenters. The minimum Gasteiger partial charge on any atom is -0.349 e. The monoisotopic (exact) mass is 393 g/mol. The van der Waals surface area contributed by atoms with E-state index in [0.29, 0.717) is 6.54 Å². The molecule has 27 heavy (non-hydrogen) atoms. The number of anilines is 3. The van der Waals surface area contributed by atoms with Crippen LogP contribution < -0.4 is 10.6 Å². The normalized spacial score (nSPS) is 11.3. The molecule has 0 fully saturated rings. The van der Waals surface area contributed by atoms with E-state index >= 15 is 0 Å². The molecule has 3 aromatic rings. The number of nitrogens with one attached hydrogen (secondary N) is 2. The molecule has 0 spiro atoms. The standard InChI is InChI=1S/C18H15ClF3N5/c1-11-2-4-12(5-3-11)9-23-17-26-16(10-24-27-17)25-13-6-7-15(19)14(8-13)18(20,21)22/h2-8,10H,9H2,1H3,(H2,23,25,26,27). The average molecular weight is 394 g/mol. The molecule has 2 N–H and O–H groups in total. The van der Waals surface area contributed by atoms with Crippen LogP contribution in [0.2, 0.25) is 5.02 Å². The summed E-state index contributed by atoms with van der Waals surface area (Å²) in [6.45, 7) is 2.49. The van der Waals surface area contributed by atoms with E-state index in [2.05, 4.69) is 25.8 Å². The van der Waals surface area contributed by atoms with Gasteiger partial charge in [0, 0.05) is 12.2 Å². The minimum absolute atomic E-state index is 0.191. The lowest BCUT2D eigenvalue weighted by Crippen LogP contribution is -2.08. The lowest BCUT2D eigenvalue weighted by Gasteiger charge is -2.12. The quantitative estimate of drug-likeness (QED) is 0.623. The Kier molecular flexibility index (Phi) is 5.46. The van der Waals surface area contributed by atoms with Gasteiger partial charge in [-0.3, -0.25) is 0 Å². The molecule has 0 radical (unpaired) electrons. The van der Waals surface area contributed by atoms with Crippen molar-refractivity contribution >= 4 is 29.1 Å². The van der Waals surface area contributed by atoms with E-state index in [1.54, 1.807) is 0 Å². The van der Waals surface area contributed by atoms with Gasteiger partial charge < -0.3 is 10.6 Å². The number of halogens is 4. The molecule has 0 saturated carbocycles. The predicted octanol–water partition coefficient (Wildman–Crippen LogP) is 5.21. The molecule has 5 nitrogen and oxygen atoms in total. The van der Waals surface area contributed by atoms with Gasteiger partial charge in [0.05, 0.1) is 16.8 Å². The Morgan fingerprint density at radius 2 is 1.81 bits per heavy atom. The summed E-state index contributed by atoms with van der Waals surface area (Å²) in [4.78, 5) is 4.20. The molecule has 1 heterocycles. The van der Waals surface area contributed by atoms with Crippen LogP contribution >= 0.6 is 11.6 Å². The van der Waals surface area contributed by atoms with Crippen LogP contribution in [0.1, 0.15) is 16.7 Å². The molecule has 0 amide bonds. The highest BCUT2D eigenvalue weighted by molar-refractivity contribution is 6.31. The van der Waals surface area contributed by atoms with Crippen LogP contribution in [0.3, 0.4) is 0 Å². The Hall–Kier alpha value is -2.87. The van der Waals surface area contributed by atoms with Crippen molar-refractivity contribution < 1.29 is 13.2 Å². The van der Waals surface area contributed by atoms with Gasteiger partial charge in [0.2, 0.25) is 5.95 Å². The van der Waals surface area contributed by atoms with Crippen LogP contribution in [0.15, 0.2) is 48.7 Å². The zero-order valence-corrected chi connectivity index (χ0v) is 14.9. The van der Waals surface area contributed by atoms with Crippen LogP contribution in [0.25, 0.3) is 0 Å². The van der Waals surface area contributed by atoms with Crippen molar-refractivity contribution in [3.8, 4) is 0 Å². The van der Waals surface area contributed by atoms with Crippen molar-refractivity contribution in [2.75, 3.05) is 10.6 Å². The topological polar surface area (TPSA) is 62.7 Å². The highest BCUT2D eigenvalue weighted by Gasteiger charge is 2.33. The molecule has 140 valence electrons. The van der Waals surface area contributed by atoms with E-state index in [4.69, 9.17) is 11.6 Å². The van der Waals surface area contributed by atoms with Gasteiger partial charge >= 0.3 is 6.18 Å². The average Bonchev–Trinajstić information content (AvgIpc) is 2.62. The molecule has 1 aromatic heterocycles. The maximum Gasteiger partial charge on any atom is 0.417 e. The number of nitrogens with zero attached hydrogens (tertiary/aromatic N) is 3. The first kappa shape index (κ1) is 18.9. The van der Waals surface area contributed by atoms with Crippen LogP contribution in [0.5, 0.6) is 0 Å². The predicted molar refractivity (Wildman–Crippen MR) is 98.1 cm³/mol. The molecule has 2 aromatic carbocycles. The number of benzene rings is 2. The third-order valence-corrected chi connectivity index (χ3v) is 4.00. The van der Waals surface area contributed by atoms with Crippen molar-refractivity contribution in [1.29, 1.82) is 0 Å². The zero-order chi connectivity index (χ0) is 19.4. The molecule has 0 aliphatic rings. The van der Waals surface area contributed by atoms with Gasteiger partial charge in [-0.15, -0.1) is 5.10 Å². The first-order valence-electron chi connectivity index (χ1n) is 7.94. The first-order chi connectivity index (χ1) is 12.8. The van der Waals surface area contributed by atoms with Gasteiger partial charge in [0.25, 0.3) is 0 Å². The van der Waals surface area contributed by atoms with Crippen LogP contribution in [-0.4, -0.2) is 15.2 Å². The lowest BCUT2D eigenvalue weighted by molar-refractivity contribution is -0.137. The summed E-state index contributed by atoms with van der Waals surface area (Å²) in [6.07, 6.45) is -3.22. The van der Waals surface area contributed by atoms with Crippen molar-refractivity contribution in [3.05, 3.63) is 70.4 Å². The second-order valence-corrected chi connectivity index (χ2v) is 6.23. The number of rotatable bonds is 5. The number of hydrogen-bond donors (Lipinski definition) is 2. The first-order valence-corrected chi connectivity index (χ1v) is 8.32. The van der Waals surface area contributed by atoms with Gasteiger partial charge in [-0.1, -0.05) is 41.4 Å². The van der Waals surface area contributed by atoms with Crippen molar-refractivity contribution in [2.24, 2.45) is 0 Å². The fraction of sp³-hybridized carbons (Fsp3) is 0.167. The fourth-order valence-electron chi connectivity index (χ4n) is 2.29. The molecular formula is C18H15ClF3N5. The van der Waals surface area contributed by atoms with Crippen molar-refractivity contribution in [1.82, 2.24) is 15.2 Å². The zero-order valence-electron chi connectivity index (χ0n) is 14.2. The van der Waals surface area contributed by atoms with E-state index < -0.39 is 11.7 Å². The highest BCUT2D eigenvalue weighted by atomic mass is 35.5. The largest absolute Gasteiger partial charge is 0.417 e. The van der Waals surface area contributed by atoms with E-state index in [1.807, 2.05) is 31.2 Å². The third kappa shape index (κ3) is 5.07. The van der Waals surface area contributed by atoms with Gasteiger partial charge in [-0.2, -0.15) is 23.3 Å². The molecule has 0 saturated heterocycles. The van der Waals surface area contributed by atoms with E-state index in [-0.39, 0.29) is 22.5 Å². The summed E-state index contributed by atoms with van der Waals surface area (Å²) >= 11 is 5.62. The lowest BCUT2D eigenvalue weighted by atomic mass is 10.1. The smallest absolute Gasteiger partial charge is 0.349 e. The van der Waals surface area contributed by atoms with Gasteiger partial charge in [0.15, 0.2) is 5.82 Å². The Labute approximate surface area is 158 Å². The molecule has 0 aliphatic heterocycles. The molecule has 0 unspecified atom stereocenters. The van der Waals surface area contributed by atoms with Gasteiger partial charge in [-0.05, 0) is 30.7 Å². The Morgan fingerprint density at radius 3 is 2.52 bits per heavy atom.